The van der Waals surface area contributed by atoms with Crippen LogP contribution >= 0.6 is 12.4 Å². The number of nitrogens with zero attached hydrogens (tertiary/aromatic N) is 1. The van der Waals surface area contributed by atoms with Gasteiger partial charge in [-0.3, -0.25) is 0 Å². The Balaban J connectivity index is 0. The third-order valence-electron chi connectivity index (χ3n) is 1.14. The summed E-state index contributed by atoms with van der Waals surface area (Å²) in [5, 5.41) is 0. The van der Waals surface area contributed by atoms with Crippen LogP contribution in [0.15, 0.2) is 30.3 Å². The smallest absolute Gasteiger partial charge is 0.547 e. The number of halogens is 2. The molecule has 0 aliphatic carbocycles. The second kappa shape index (κ2) is 6.66. The number of amides is 1. The minimum Gasteiger partial charge on any atom is -1.00 e. The van der Waals surface area contributed by atoms with Crippen LogP contribution in [0.3, 0.4) is 0 Å². The predicted octanol–water partition coefficient (Wildman–Crippen LogP) is -0.785. The zero-order valence-electron chi connectivity index (χ0n) is 6.11. The molecule has 0 atom stereocenters. The van der Waals surface area contributed by atoms with Gasteiger partial charge in [0.2, 0.25) is 0 Å². The maximum absolute atomic E-state index is 10.7. The molecule has 0 unspecified atom stereocenters. The largest absolute Gasteiger partial charge is 1.00 e. The average Bonchev–Trinajstić information content (AvgIpc) is 2.05. The van der Waals surface area contributed by atoms with Crippen molar-refractivity contribution in [3.05, 3.63) is 40.7 Å². The molecule has 0 spiro atoms. The summed E-state index contributed by atoms with van der Waals surface area (Å²) in [6, 6.07) is 8.68. The topological polar surface area (TPSA) is 21.4 Å². The van der Waals surface area contributed by atoms with Crippen LogP contribution in [0.1, 0.15) is 10.4 Å². The van der Waals surface area contributed by atoms with Crippen molar-refractivity contribution < 1.29 is 17.2 Å². The molecule has 1 aromatic carbocycles. The van der Waals surface area contributed by atoms with Crippen molar-refractivity contribution in [3.8, 4) is 6.57 Å². The Hall–Kier alpha value is -1.04. The average molecular weight is 204 g/mol. The van der Waals surface area contributed by atoms with Crippen molar-refractivity contribution in [1.29, 1.82) is 0 Å². The van der Waals surface area contributed by atoms with E-state index in [0.717, 1.165) is 0 Å². The molecule has 0 N–H and O–H groups in total. The van der Waals surface area contributed by atoms with E-state index >= 15 is 0 Å². The van der Waals surface area contributed by atoms with Crippen molar-refractivity contribution >= 4 is 18.3 Å². The summed E-state index contributed by atoms with van der Waals surface area (Å²) in [5.41, 5.74) is 0.519. The van der Waals surface area contributed by atoms with Gasteiger partial charge in [-0.15, -0.1) is 12.4 Å². The van der Waals surface area contributed by atoms with E-state index < -0.39 is 0 Å². The van der Waals surface area contributed by atoms with E-state index in [4.69, 9.17) is 6.57 Å². The number of carbonyl (C=O) groups is 1. The van der Waals surface area contributed by atoms with E-state index in [2.05, 4.69) is 4.85 Å². The summed E-state index contributed by atoms with van der Waals surface area (Å²) in [5.74, 6) is -0.388. The van der Waals surface area contributed by atoms with Gasteiger partial charge in [0.05, 0.1) is 0 Å². The van der Waals surface area contributed by atoms with Crippen molar-refractivity contribution in [3.63, 3.8) is 0 Å². The van der Waals surface area contributed by atoms with E-state index in [9.17, 15) is 4.79 Å². The predicted molar refractivity (Wildman–Crippen MR) is 46.3 cm³/mol. The molecule has 64 valence electrons. The van der Waals surface area contributed by atoms with Gasteiger partial charge in [0.25, 0.3) is 6.57 Å². The van der Waals surface area contributed by atoms with Crippen LogP contribution in [-0.2, 0) is 0 Å². The molecule has 0 bridgehead atoms. The molecular formula is C8H7Cl2NO. The maximum Gasteiger partial charge on any atom is 0.547 e. The monoisotopic (exact) mass is 203 g/mol. The maximum atomic E-state index is 10.7. The van der Waals surface area contributed by atoms with Crippen molar-refractivity contribution in [1.82, 2.24) is 0 Å². The van der Waals surface area contributed by atoms with Crippen LogP contribution in [0.5, 0.6) is 0 Å². The van der Waals surface area contributed by atoms with Gasteiger partial charge in [-0.1, -0.05) is 18.2 Å². The summed E-state index contributed by atoms with van der Waals surface area (Å²) in [6.07, 6.45) is 0. The lowest BCUT2D eigenvalue weighted by Crippen LogP contribution is -3.00. The summed E-state index contributed by atoms with van der Waals surface area (Å²) in [4.78, 5) is 13.7. The fourth-order valence-electron chi connectivity index (χ4n) is 0.655. The highest BCUT2D eigenvalue weighted by Crippen LogP contribution is 1.99. The molecule has 12 heavy (non-hydrogen) atoms. The normalized spacial score (nSPS) is 6.92. The number of hydrogen-bond acceptors (Lipinski definition) is 1. The second-order valence-electron chi connectivity index (χ2n) is 1.80. The van der Waals surface area contributed by atoms with Gasteiger partial charge < -0.3 is 12.4 Å². The van der Waals surface area contributed by atoms with Crippen LogP contribution in [0, 0.1) is 6.57 Å². The Bertz CT molecular complexity index is 279. The molecule has 0 saturated heterocycles. The Kier molecular flexibility index (Phi) is 7.51. The molecule has 0 aliphatic rings. The lowest BCUT2D eigenvalue weighted by Gasteiger charge is -1.81. The van der Waals surface area contributed by atoms with Gasteiger partial charge in [-0.25, -0.2) is 0 Å². The number of carbonyl (C=O) groups excluding carboxylic acids is 1. The van der Waals surface area contributed by atoms with Crippen molar-refractivity contribution in [2.75, 3.05) is 0 Å². The lowest BCUT2D eigenvalue weighted by molar-refractivity contribution is -0.00000961. The molecule has 2 nitrogen and oxygen atoms in total. The molecule has 0 radical (unpaired) electrons. The molecule has 0 fully saturated rings. The summed E-state index contributed by atoms with van der Waals surface area (Å²) >= 11 is 0. The SMILES string of the molecule is C#[N+]C(=O)c1ccccc1.Cl.[Cl-]. The molecule has 0 aromatic heterocycles. The molecule has 1 amide bonds. The van der Waals surface area contributed by atoms with E-state index in [1.807, 2.05) is 6.07 Å². The van der Waals surface area contributed by atoms with Crippen LogP contribution in [0.25, 0.3) is 4.85 Å². The molecule has 1 rings (SSSR count). The number of benzene rings is 1. The van der Waals surface area contributed by atoms with Crippen molar-refractivity contribution in [2.24, 2.45) is 0 Å². The third-order valence-corrected chi connectivity index (χ3v) is 1.14. The number of hydrogen-bond donors (Lipinski definition) is 0. The van der Waals surface area contributed by atoms with Crippen LogP contribution in [-0.4, -0.2) is 5.91 Å². The second-order valence-corrected chi connectivity index (χ2v) is 1.80. The first-order valence-corrected chi connectivity index (χ1v) is 2.85. The summed E-state index contributed by atoms with van der Waals surface area (Å²) < 4.78 is 0. The molecule has 0 aliphatic heterocycles. The van der Waals surface area contributed by atoms with Crippen LogP contribution < -0.4 is 12.4 Å². The fraction of sp³-hybridized carbons (Fsp3) is 0. The standard InChI is InChI=1S/C8H6NO.2ClH/c1-9-8(10)7-5-3-2-4-6-7;;/h1-6H;2*1H/q+1;;/p-1. The van der Waals surface area contributed by atoms with Gasteiger partial charge >= 0.3 is 5.91 Å². The highest BCUT2D eigenvalue weighted by molar-refractivity contribution is 6.01. The lowest BCUT2D eigenvalue weighted by atomic mass is 10.2. The number of rotatable bonds is 1. The zero-order chi connectivity index (χ0) is 7.40. The van der Waals surface area contributed by atoms with E-state index in [0.29, 0.717) is 5.56 Å². The van der Waals surface area contributed by atoms with Gasteiger partial charge in [0.1, 0.15) is 5.56 Å². The Morgan fingerprint density at radius 2 is 1.75 bits per heavy atom. The highest BCUT2D eigenvalue weighted by Gasteiger charge is 2.11. The molecule has 1 aromatic rings. The summed E-state index contributed by atoms with van der Waals surface area (Å²) in [6.45, 7) is 4.78. The highest BCUT2D eigenvalue weighted by atomic mass is 35.5. The summed E-state index contributed by atoms with van der Waals surface area (Å²) in [7, 11) is 0. The van der Waals surface area contributed by atoms with Gasteiger partial charge in [-0.2, -0.15) is 4.79 Å². The first-order valence-electron chi connectivity index (χ1n) is 2.85. The third kappa shape index (κ3) is 3.38. The van der Waals surface area contributed by atoms with Gasteiger partial charge in [-0.05, 0) is 12.1 Å². The van der Waals surface area contributed by atoms with E-state index in [1.165, 1.54) is 0 Å². The Labute approximate surface area is 83.2 Å². The van der Waals surface area contributed by atoms with E-state index in [-0.39, 0.29) is 30.7 Å². The van der Waals surface area contributed by atoms with Gasteiger partial charge in [0, 0.05) is 4.85 Å². The van der Waals surface area contributed by atoms with Crippen molar-refractivity contribution in [2.45, 2.75) is 0 Å². The first kappa shape index (κ1) is 13.5. The Morgan fingerprint density at radius 1 is 1.25 bits per heavy atom. The zero-order valence-corrected chi connectivity index (χ0v) is 7.68. The quantitative estimate of drug-likeness (QED) is 0.587. The minimum absolute atomic E-state index is 0. The van der Waals surface area contributed by atoms with E-state index in [1.54, 1.807) is 24.3 Å². The first-order chi connectivity index (χ1) is 4.84. The molecule has 4 heteroatoms. The van der Waals surface area contributed by atoms with Crippen LogP contribution in [0.4, 0.5) is 0 Å². The molecule has 0 saturated carbocycles. The van der Waals surface area contributed by atoms with Gasteiger partial charge in [0.15, 0.2) is 0 Å². The Morgan fingerprint density at radius 3 is 2.17 bits per heavy atom. The fourth-order valence-corrected chi connectivity index (χ4v) is 0.655. The molecular weight excluding hydrogens is 197 g/mol. The molecule has 0 heterocycles. The minimum atomic E-state index is -0.388. The van der Waals surface area contributed by atoms with Crippen LogP contribution in [0.2, 0.25) is 0 Å².